The molecule has 2 aliphatic rings. The Hall–Kier alpha value is -1.84. The lowest BCUT2D eigenvalue weighted by atomic mass is 9.93. The summed E-state index contributed by atoms with van der Waals surface area (Å²) in [6.07, 6.45) is 5.14. The molecule has 3 rings (SSSR count). The topological polar surface area (TPSA) is 49.4 Å². The molecule has 1 aromatic rings. The second kappa shape index (κ2) is 6.29. The molecular weight excluding hydrogens is 264 g/mol. The molecule has 2 aliphatic heterocycles. The lowest BCUT2D eigenvalue weighted by Crippen LogP contribution is -2.58. The van der Waals surface area contributed by atoms with Gasteiger partial charge in [0, 0.05) is 19.0 Å². The third kappa shape index (κ3) is 3.26. The molecule has 0 unspecified atom stereocenters. The van der Waals surface area contributed by atoms with Gasteiger partial charge in [-0.3, -0.25) is 9.59 Å². The number of benzene rings is 1. The first-order valence-corrected chi connectivity index (χ1v) is 7.88. The Morgan fingerprint density at radius 3 is 2.71 bits per heavy atom. The Bertz CT molecular complexity index is 515. The summed E-state index contributed by atoms with van der Waals surface area (Å²) in [7, 11) is 0. The minimum absolute atomic E-state index is 0.0194. The van der Waals surface area contributed by atoms with Crippen molar-refractivity contribution in [3.63, 3.8) is 0 Å². The van der Waals surface area contributed by atoms with Crippen molar-refractivity contribution in [3.8, 4) is 0 Å². The van der Waals surface area contributed by atoms with Crippen LogP contribution in [0.1, 0.15) is 37.7 Å². The van der Waals surface area contributed by atoms with Crippen molar-refractivity contribution >= 4 is 11.8 Å². The number of nitrogens with zero attached hydrogens (tertiary/aromatic N) is 1. The number of nitrogens with one attached hydrogen (secondary N) is 1. The monoisotopic (exact) mass is 286 g/mol. The van der Waals surface area contributed by atoms with E-state index >= 15 is 0 Å². The summed E-state index contributed by atoms with van der Waals surface area (Å²) < 4.78 is 0. The predicted molar refractivity (Wildman–Crippen MR) is 80.7 cm³/mol. The molecule has 0 aromatic heterocycles. The van der Waals surface area contributed by atoms with Gasteiger partial charge in [-0.2, -0.15) is 0 Å². The van der Waals surface area contributed by atoms with Crippen LogP contribution in [0.4, 0.5) is 0 Å². The molecule has 2 saturated heterocycles. The largest absolute Gasteiger partial charge is 0.344 e. The first-order chi connectivity index (χ1) is 10.2. The molecule has 0 spiro atoms. The van der Waals surface area contributed by atoms with E-state index in [0.29, 0.717) is 12.5 Å². The van der Waals surface area contributed by atoms with Crippen molar-refractivity contribution in [2.75, 3.05) is 6.54 Å². The molecule has 1 N–H and O–H groups in total. The molecule has 0 bridgehead atoms. The lowest BCUT2D eigenvalue weighted by molar-refractivity contribution is -0.143. The quantitative estimate of drug-likeness (QED) is 0.922. The van der Waals surface area contributed by atoms with E-state index < -0.39 is 0 Å². The number of rotatable bonds is 3. The maximum absolute atomic E-state index is 12.6. The minimum Gasteiger partial charge on any atom is -0.344 e. The van der Waals surface area contributed by atoms with Gasteiger partial charge in [-0.25, -0.2) is 0 Å². The zero-order valence-electron chi connectivity index (χ0n) is 12.3. The number of hydrogen-bond donors (Lipinski definition) is 1. The predicted octanol–water partition coefficient (Wildman–Crippen LogP) is 1.89. The first-order valence-electron chi connectivity index (χ1n) is 7.88. The molecule has 4 heteroatoms. The zero-order valence-corrected chi connectivity index (χ0v) is 12.3. The van der Waals surface area contributed by atoms with E-state index in [0.717, 1.165) is 38.6 Å². The Labute approximate surface area is 125 Å². The zero-order chi connectivity index (χ0) is 14.7. The SMILES string of the molecule is O=C1CCCC[C@H](C(=O)N2CC[C@@H]2Cc2ccccc2)N1. The molecule has 2 fully saturated rings. The molecule has 0 aliphatic carbocycles. The van der Waals surface area contributed by atoms with E-state index in [4.69, 9.17) is 0 Å². The van der Waals surface area contributed by atoms with Gasteiger partial charge in [-0.1, -0.05) is 36.8 Å². The third-order valence-electron chi connectivity index (χ3n) is 4.52. The highest BCUT2D eigenvalue weighted by Crippen LogP contribution is 2.24. The number of likely N-dealkylation sites (tertiary alicyclic amines) is 1. The normalized spacial score (nSPS) is 25.7. The Kier molecular flexibility index (Phi) is 4.23. The van der Waals surface area contributed by atoms with Gasteiger partial charge in [0.2, 0.25) is 11.8 Å². The van der Waals surface area contributed by atoms with Crippen LogP contribution in [0.25, 0.3) is 0 Å². The van der Waals surface area contributed by atoms with Crippen LogP contribution in [0.15, 0.2) is 30.3 Å². The molecule has 112 valence electrons. The van der Waals surface area contributed by atoms with Gasteiger partial charge < -0.3 is 10.2 Å². The summed E-state index contributed by atoms with van der Waals surface area (Å²) in [4.78, 5) is 26.2. The van der Waals surface area contributed by atoms with Gasteiger partial charge in [-0.05, 0) is 31.2 Å². The molecule has 0 saturated carbocycles. The van der Waals surface area contributed by atoms with E-state index in [2.05, 4.69) is 17.4 Å². The van der Waals surface area contributed by atoms with Crippen molar-refractivity contribution < 1.29 is 9.59 Å². The average Bonchev–Trinajstić information content (AvgIpc) is 2.69. The van der Waals surface area contributed by atoms with Crippen molar-refractivity contribution in [2.24, 2.45) is 0 Å². The van der Waals surface area contributed by atoms with Crippen molar-refractivity contribution in [1.29, 1.82) is 0 Å². The van der Waals surface area contributed by atoms with Crippen LogP contribution >= 0.6 is 0 Å². The van der Waals surface area contributed by atoms with Gasteiger partial charge >= 0.3 is 0 Å². The smallest absolute Gasteiger partial charge is 0.245 e. The minimum atomic E-state index is -0.307. The standard InChI is InChI=1S/C17H22N2O2/c20-16-9-5-4-8-15(18-16)17(21)19-11-10-14(19)12-13-6-2-1-3-7-13/h1-3,6-7,14-15H,4-5,8-12H2,(H,18,20)/t14-,15-/m1/s1. The highest BCUT2D eigenvalue weighted by molar-refractivity contribution is 5.88. The summed E-state index contributed by atoms with van der Waals surface area (Å²) in [6, 6.07) is 10.3. The number of carbonyl (C=O) groups is 2. The fourth-order valence-electron chi connectivity index (χ4n) is 3.19. The second-order valence-electron chi connectivity index (χ2n) is 6.03. The van der Waals surface area contributed by atoms with Crippen LogP contribution in [0.2, 0.25) is 0 Å². The number of amides is 2. The average molecular weight is 286 g/mol. The van der Waals surface area contributed by atoms with Crippen molar-refractivity contribution in [2.45, 2.75) is 50.6 Å². The molecular formula is C17H22N2O2. The highest BCUT2D eigenvalue weighted by Gasteiger charge is 2.36. The molecule has 2 heterocycles. The van der Waals surface area contributed by atoms with Crippen LogP contribution in [-0.4, -0.2) is 35.3 Å². The molecule has 21 heavy (non-hydrogen) atoms. The first kappa shape index (κ1) is 14.1. The van der Waals surface area contributed by atoms with Gasteiger partial charge in [0.25, 0.3) is 0 Å². The second-order valence-corrected chi connectivity index (χ2v) is 6.03. The molecule has 2 amide bonds. The number of hydrogen-bond acceptors (Lipinski definition) is 2. The summed E-state index contributed by atoms with van der Waals surface area (Å²) in [5, 5.41) is 2.88. The van der Waals surface area contributed by atoms with Gasteiger partial charge in [0.05, 0.1) is 0 Å². The van der Waals surface area contributed by atoms with Crippen molar-refractivity contribution in [1.82, 2.24) is 10.2 Å². The van der Waals surface area contributed by atoms with Crippen molar-refractivity contribution in [3.05, 3.63) is 35.9 Å². The van der Waals surface area contributed by atoms with Crippen LogP contribution in [0, 0.1) is 0 Å². The van der Waals surface area contributed by atoms with E-state index in [-0.39, 0.29) is 17.9 Å². The molecule has 0 radical (unpaired) electrons. The maximum atomic E-state index is 12.6. The van der Waals surface area contributed by atoms with Crippen LogP contribution in [-0.2, 0) is 16.0 Å². The van der Waals surface area contributed by atoms with E-state index in [1.807, 2.05) is 23.1 Å². The van der Waals surface area contributed by atoms with E-state index in [9.17, 15) is 9.59 Å². The fourth-order valence-corrected chi connectivity index (χ4v) is 3.19. The maximum Gasteiger partial charge on any atom is 0.245 e. The van der Waals surface area contributed by atoms with Crippen LogP contribution < -0.4 is 5.32 Å². The van der Waals surface area contributed by atoms with E-state index in [1.54, 1.807) is 0 Å². The molecule has 1 aromatic carbocycles. The summed E-state index contributed by atoms with van der Waals surface area (Å²) in [5.41, 5.74) is 1.27. The molecule has 4 nitrogen and oxygen atoms in total. The Morgan fingerprint density at radius 1 is 1.19 bits per heavy atom. The number of carbonyl (C=O) groups excluding carboxylic acids is 2. The third-order valence-corrected chi connectivity index (χ3v) is 4.52. The van der Waals surface area contributed by atoms with Gasteiger partial charge in [0.15, 0.2) is 0 Å². The summed E-state index contributed by atoms with van der Waals surface area (Å²) >= 11 is 0. The highest BCUT2D eigenvalue weighted by atomic mass is 16.2. The summed E-state index contributed by atoms with van der Waals surface area (Å²) in [5.74, 6) is 0.128. The van der Waals surface area contributed by atoms with Crippen LogP contribution in [0.3, 0.4) is 0 Å². The van der Waals surface area contributed by atoms with Gasteiger partial charge in [0.1, 0.15) is 6.04 Å². The molecule has 2 atom stereocenters. The Morgan fingerprint density at radius 2 is 2.00 bits per heavy atom. The summed E-state index contributed by atoms with van der Waals surface area (Å²) in [6.45, 7) is 0.822. The van der Waals surface area contributed by atoms with Crippen LogP contribution in [0.5, 0.6) is 0 Å². The Balaban J connectivity index is 1.61. The lowest BCUT2D eigenvalue weighted by Gasteiger charge is -2.43. The van der Waals surface area contributed by atoms with E-state index in [1.165, 1.54) is 5.56 Å². The van der Waals surface area contributed by atoms with Gasteiger partial charge in [-0.15, -0.1) is 0 Å². The fraction of sp³-hybridized carbons (Fsp3) is 0.529.